The first-order valence-corrected chi connectivity index (χ1v) is 11.9. The van der Waals surface area contributed by atoms with E-state index in [1.54, 1.807) is 18.3 Å². The topological polar surface area (TPSA) is 73.0 Å². The third-order valence-electron chi connectivity index (χ3n) is 6.18. The maximum atomic E-state index is 13.3. The van der Waals surface area contributed by atoms with E-state index < -0.39 is 34.9 Å². The van der Waals surface area contributed by atoms with Gasteiger partial charge in [-0.25, -0.2) is 0 Å². The average Bonchev–Trinajstić information content (AvgIpc) is 3.56. The number of carbonyl (C=O) groups is 1. The average molecular weight is 540 g/mol. The molecule has 1 amide bonds. The number of thiophene rings is 1. The number of nitrogens with one attached hydrogen (secondary N) is 1. The van der Waals surface area contributed by atoms with Gasteiger partial charge in [0.2, 0.25) is 11.7 Å². The standard InChI is InChI=1S/C24H18F6N4O2S/c1-12-20(17-10-19(35)31-11-18(17)34(12)5-4-16-3-2-6-37-16)21-32-22(36-33-21)13-7-14(23(25,26)27)9-15(8-13)24(28,29)30/h2-3,6-9H,4-5,10-11H2,1H3,(H,31,35). The number of halogens is 6. The van der Waals surface area contributed by atoms with E-state index in [4.69, 9.17) is 4.52 Å². The predicted octanol–water partition coefficient (Wildman–Crippen LogP) is 6.03. The zero-order valence-electron chi connectivity index (χ0n) is 19.1. The van der Waals surface area contributed by atoms with Crippen molar-refractivity contribution >= 4 is 17.2 Å². The van der Waals surface area contributed by atoms with Gasteiger partial charge >= 0.3 is 12.4 Å². The van der Waals surface area contributed by atoms with E-state index in [0.717, 1.165) is 17.0 Å². The molecule has 3 aromatic heterocycles. The van der Waals surface area contributed by atoms with Crippen LogP contribution in [0.25, 0.3) is 22.8 Å². The number of carbonyl (C=O) groups excluding carboxylic acids is 1. The molecule has 4 aromatic rings. The smallest absolute Gasteiger partial charge is 0.350 e. The molecule has 1 aliphatic rings. The van der Waals surface area contributed by atoms with E-state index in [-0.39, 0.29) is 30.8 Å². The van der Waals surface area contributed by atoms with Crippen molar-refractivity contribution in [2.45, 2.75) is 45.2 Å². The summed E-state index contributed by atoms with van der Waals surface area (Å²) in [4.78, 5) is 17.5. The maximum absolute atomic E-state index is 13.3. The van der Waals surface area contributed by atoms with Crippen LogP contribution in [0.4, 0.5) is 26.3 Å². The molecule has 0 saturated carbocycles. The first-order chi connectivity index (χ1) is 17.4. The quantitative estimate of drug-likeness (QED) is 0.314. The lowest BCUT2D eigenvalue weighted by atomic mass is 10.0. The van der Waals surface area contributed by atoms with Crippen LogP contribution in [0.3, 0.4) is 0 Å². The summed E-state index contributed by atoms with van der Waals surface area (Å²) in [5.74, 6) is -0.730. The van der Waals surface area contributed by atoms with Crippen LogP contribution in [0.15, 0.2) is 40.2 Å². The Morgan fingerprint density at radius 1 is 1.11 bits per heavy atom. The van der Waals surface area contributed by atoms with Gasteiger partial charge in [-0.1, -0.05) is 11.2 Å². The molecule has 0 unspecified atom stereocenters. The molecule has 194 valence electrons. The number of hydrogen-bond acceptors (Lipinski definition) is 5. The summed E-state index contributed by atoms with van der Waals surface area (Å²) in [6.45, 7) is 2.67. The minimum Gasteiger partial charge on any atom is -0.350 e. The minimum absolute atomic E-state index is 0.0145. The van der Waals surface area contributed by atoms with Crippen molar-refractivity contribution in [2.24, 2.45) is 0 Å². The van der Waals surface area contributed by atoms with Crippen LogP contribution in [-0.4, -0.2) is 20.6 Å². The van der Waals surface area contributed by atoms with E-state index >= 15 is 0 Å². The summed E-state index contributed by atoms with van der Waals surface area (Å²) >= 11 is 1.61. The Hall–Kier alpha value is -3.61. The first kappa shape index (κ1) is 25.1. The number of nitrogens with zero attached hydrogens (tertiary/aromatic N) is 3. The fourth-order valence-electron chi connectivity index (χ4n) is 4.46. The van der Waals surface area contributed by atoms with E-state index in [2.05, 4.69) is 15.5 Å². The van der Waals surface area contributed by atoms with Gasteiger partial charge in [-0.2, -0.15) is 31.3 Å². The van der Waals surface area contributed by atoms with Crippen LogP contribution in [0.2, 0.25) is 0 Å². The van der Waals surface area contributed by atoms with E-state index in [1.807, 2.05) is 22.1 Å². The number of aromatic nitrogens is 3. The molecule has 5 rings (SSSR count). The number of fused-ring (bicyclic) bond motifs is 1. The molecule has 0 atom stereocenters. The SMILES string of the molecule is Cc1c(-c2noc(-c3cc(C(F)(F)F)cc(C(F)(F)F)c3)n2)c2c(n1CCc1cccs1)CNC(=O)C2. The van der Waals surface area contributed by atoms with Gasteiger partial charge in [0.05, 0.1) is 24.1 Å². The van der Waals surface area contributed by atoms with Gasteiger partial charge in [0.1, 0.15) is 0 Å². The normalized spacial score (nSPS) is 14.1. The van der Waals surface area contributed by atoms with E-state index in [9.17, 15) is 31.1 Å². The highest BCUT2D eigenvalue weighted by Gasteiger charge is 2.38. The third-order valence-corrected chi connectivity index (χ3v) is 7.12. The number of aryl methyl sites for hydroxylation is 1. The molecule has 4 heterocycles. The van der Waals surface area contributed by atoms with Crippen molar-refractivity contribution in [3.8, 4) is 22.8 Å². The molecule has 1 aliphatic heterocycles. The lowest BCUT2D eigenvalue weighted by Crippen LogP contribution is -2.31. The molecule has 0 bridgehead atoms. The summed E-state index contributed by atoms with van der Waals surface area (Å²) in [6.07, 6.45) is -9.26. The van der Waals surface area contributed by atoms with E-state index in [1.165, 1.54) is 0 Å². The number of benzene rings is 1. The molecule has 0 saturated heterocycles. The van der Waals surface area contributed by atoms with Crippen molar-refractivity contribution < 1.29 is 35.7 Å². The number of hydrogen-bond donors (Lipinski definition) is 1. The predicted molar refractivity (Wildman–Crippen MR) is 121 cm³/mol. The Kier molecular flexibility index (Phi) is 6.13. The highest BCUT2D eigenvalue weighted by atomic mass is 32.1. The highest BCUT2D eigenvalue weighted by molar-refractivity contribution is 7.09. The largest absolute Gasteiger partial charge is 0.416 e. The lowest BCUT2D eigenvalue weighted by molar-refractivity contribution is -0.143. The molecule has 37 heavy (non-hydrogen) atoms. The zero-order valence-corrected chi connectivity index (χ0v) is 19.9. The van der Waals surface area contributed by atoms with Gasteiger partial charge in [-0.05, 0) is 48.6 Å². The molecule has 0 spiro atoms. The first-order valence-electron chi connectivity index (χ1n) is 11.1. The molecule has 1 N–H and O–H groups in total. The van der Waals surface area contributed by atoms with Gasteiger partial charge in [0, 0.05) is 33.9 Å². The molecule has 0 aliphatic carbocycles. The van der Waals surface area contributed by atoms with Crippen LogP contribution < -0.4 is 5.32 Å². The van der Waals surface area contributed by atoms with Gasteiger partial charge in [0.25, 0.3) is 5.89 Å². The zero-order chi connectivity index (χ0) is 26.5. The fourth-order valence-corrected chi connectivity index (χ4v) is 5.16. The molecule has 1 aromatic carbocycles. The summed E-state index contributed by atoms with van der Waals surface area (Å²) < 4.78 is 87.0. The summed E-state index contributed by atoms with van der Waals surface area (Å²) in [6, 6.07) is 5.06. The second-order valence-corrected chi connectivity index (χ2v) is 9.57. The number of rotatable bonds is 5. The molecule has 13 heteroatoms. The van der Waals surface area contributed by atoms with Crippen LogP contribution in [0, 0.1) is 6.92 Å². The third kappa shape index (κ3) is 4.87. The van der Waals surface area contributed by atoms with Gasteiger partial charge in [-0.15, -0.1) is 11.3 Å². The number of alkyl halides is 6. The Bertz CT molecular complexity index is 1440. The Morgan fingerprint density at radius 2 is 1.81 bits per heavy atom. The molecule has 6 nitrogen and oxygen atoms in total. The van der Waals surface area contributed by atoms with Crippen molar-refractivity contribution in [1.29, 1.82) is 0 Å². The second-order valence-electron chi connectivity index (χ2n) is 8.54. The van der Waals surface area contributed by atoms with Gasteiger partial charge < -0.3 is 14.4 Å². The number of amides is 1. The Labute approximate surface area is 209 Å². The van der Waals surface area contributed by atoms with Crippen LogP contribution in [0.5, 0.6) is 0 Å². The molecular weight excluding hydrogens is 522 g/mol. The monoisotopic (exact) mass is 540 g/mol. The Balaban J connectivity index is 1.57. The maximum Gasteiger partial charge on any atom is 0.416 e. The van der Waals surface area contributed by atoms with Crippen molar-refractivity contribution in [1.82, 2.24) is 20.0 Å². The highest BCUT2D eigenvalue weighted by Crippen LogP contribution is 2.39. The summed E-state index contributed by atoms with van der Waals surface area (Å²) in [5, 5.41) is 8.64. The lowest BCUT2D eigenvalue weighted by Gasteiger charge is -2.17. The van der Waals surface area contributed by atoms with Crippen molar-refractivity contribution in [3.05, 3.63) is 68.7 Å². The van der Waals surface area contributed by atoms with E-state index in [0.29, 0.717) is 35.5 Å². The molecule has 0 radical (unpaired) electrons. The minimum atomic E-state index is -5.01. The van der Waals surface area contributed by atoms with Gasteiger partial charge in [0.15, 0.2) is 0 Å². The Morgan fingerprint density at radius 3 is 2.43 bits per heavy atom. The van der Waals surface area contributed by atoms with Crippen molar-refractivity contribution in [3.63, 3.8) is 0 Å². The second kappa shape index (κ2) is 9.05. The van der Waals surface area contributed by atoms with Crippen LogP contribution in [-0.2, 0) is 43.1 Å². The van der Waals surface area contributed by atoms with Crippen molar-refractivity contribution in [2.75, 3.05) is 0 Å². The summed E-state index contributed by atoms with van der Waals surface area (Å²) in [7, 11) is 0. The van der Waals surface area contributed by atoms with Gasteiger partial charge in [-0.3, -0.25) is 4.79 Å². The van der Waals surface area contributed by atoms with Crippen LogP contribution in [0.1, 0.15) is 33.0 Å². The molecule has 0 fully saturated rings. The van der Waals surface area contributed by atoms with Crippen LogP contribution >= 0.6 is 11.3 Å². The molecular formula is C24H18F6N4O2S. The fraction of sp³-hybridized carbons (Fsp3) is 0.292. The summed E-state index contributed by atoms with van der Waals surface area (Å²) in [5.41, 5.74) is -0.793.